The van der Waals surface area contributed by atoms with Crippen molar-refractivity contribution in [3.8, 4) is 0 Å². The van der Waals surface area contributed by atoms with Gasteiger partial charge in [-0.2, -0.15) is 0 Å². The van der Waals surface area contributed by atoms with E-state index < -0.39 is 0 Å². The summed E-state index contributed by atoms with van der Waals surface area (Å²) >= 11 is 0. The second kappa shape index (κ2) is 2.20. The molecule has 0 saturated carbocycles. The summed E-state index contributed by atoms with van der Waals surface area (Å²) in [5.41, 5.74) is 0. The fourth-order valence-corrected chi connectivity index (χ4v) is 1.55. The van der Waals surface area contributed by atoms with E-state index in [-0.39, 0.29) is 11.8 Å². The van der Waals surface area contributed by atoms with Gasteiger partial charge in [-0.1, -0.05) is 12.2 Å². The van der Waals surface area contributed by atoms with Gasteiger partial charge in [0.15, 0.2) is 0 Å². The predicted octanol–water partition coefficient (Wildman–Crippen LogP) is 0.778. The number of allylic oxidation sites excluding steroid dienone is 1. The van der Waals surface area contributed by atoms with Crippen molar-refractivity contribution in [3.05, 3.63) is 12.2 Å². The molecule has 2 heteroatoms. The van der Waals surface area contributed by atoms with Crippen molar-refractivity contribution in [2.45, 2.75) is 6.42 Å². The normalized spacial score (nSPS) is 38.2. The number of Topliss-reactive ketones (excluding diaryl/α,β-unsaturated/α-hetero) is 1. The molecule has 2 aliphatic rings. The molecule has 2 unspecified atom stereocenters. The zero-order valence-corrected chi connectivity index (χ0v) is 5.75. The SMILES string of the molecule is O=C1C2C=CCC1COC2. The maximum atomic E-state index is 11.3. The Balaban J connectivity index is 2.25. The number of hydrogen-bond acceptors (Lipinski definition) is 2. The van der Waals surface area contributed by atoms with Crippen molar-refractivity contribution in [2.24, 2.45) is 11.8 Å². The third kappa shape index (κ3) is 0.797. The molecule has 1 aliphatic heterocycles. The number of rotatable bonds is 0. The number of carbonyl (C=O) groups excluding carboxylic acids is 1. The quantitative estimate of drug-likeness (QED) is 0.462. The van der Waals surface area contributed by atoms with Gasteiger partial charge in [-0.25, -0.2) is 0 Å². The maximum absolute atomic E-state index is 11.3. The van der Waals surface area contributed by atoms with Crippen molar-refractivity contribution in [1.29, 1.82) is 0 Å². The highest BCUT2D eigenvalue weighted by molar-refractivity contribution is 5.86. The number of hydrogen-bond donors (Lipinski definition) is 0. The van der Waals surface area contributed by atoms with E-state index in [0.717, 1.165) is 6.42 Å². The minimum Gasteiger partial charge on any atom is -0.380 e. The third-order valence-electron chi connectivity index (χ3n) is 2.17. The summed E-state index contributed by atoms with van der Waals surface area (Å²) in [7, 11) is 0. The van der Waals surface area contributed by atoms with Crippen LogP contribution in [0, 0.1) is 11.8 Å². The van der Waals surface area contributed by atoms with Gasteiger partial charge in [-0.15, -0.1) is 0 Å². The van der Waals surface area contributed by atoms with E-state index in [1.54, 1.807) is 0 Å². The summed E-state index contributed by atoms with van der Waals surface area (Å²) < 4.78 is 5.23. The topological polar surface area (TPSA) is 26.3 Å². The van der Waals surface area contributed by atoms with Gasteiger partial charge >= 0.3 is 0 Å². The van der Waals surface area contributed by atoms with Gasteiger partial charge < -0.3 is 4.74 Å². The average molecular weight is 138 g/mol. The first kappa shape index (κ1) is 6.10. The van der Waals surface area contributed by atoms with Crippen LogP contribution >= 0.6 is 0 Å². The van der Waals surface area contributed by atoms with Crippen LogP contribution in [0.15, 0.2) is 12.2 Å². The van der Waals surface area contributed by atoms with Crippen molar-refractivity contribution in [2.75, 3.05) is 13.2 Å². The molecule has 0 amide bonds. The van der Waals surface area contributed by atoms with Crippen LogP contribution in [0.25, 0.3) is 0 Å². The number of fused-ring (bicyclic) bond motifs is 2. The Morgan fingerprint density at radius 1 is 1.50 bits per heavy atom. The van der Waals surface area contributed by atoms with Gasteiger partial charge in [-0.3, -0.25) is 4.79 Å². The van der Waals surface area contributed by atoms with Crippen LogP contribution in [0.4, 0.5) is 0 Å². The largest absolute Gasteiger partial charge is 0.380 e. The summed E-state index contributed by atoms with van der Waals surface area (Å²) in [4.78, 5) is 11.3. The Bertz CT molecular complexity index is 184. The zero-order chi connectivity index (χ0) is 6.97. The minimum atomic E-state index is 0.0764. The van der Waals surface area contributed by atoms with Crippen molar-refractivity contribution in [1.82, 2.24) is 0 Å². The van der Waals surface area contributed by atoms with E-state index in [0.29, 0.717) is 19.0 Å². The van der Waals surface area contributed by atoms with E-state index >= 15 is 0 Å². The molecule has 2 nitrogen and oxygen atoms in total. The minimum absolute atomic E-state index is 0.0764. The first-order valence-corrected chi connectivity index (χ1v) is 3.66. The maximum Gasteiger partial charge on any atom is 0.147 e. The van der Waals surface area contributed by atoms with Crippen LogP contribution in [0.2, 0.25) is 0 Å². The van der Waals surface area contributed by atoms with Gasteiger partial charge in [0.25, 0.3) is 0 Å². The van der Waals surface area contributed by atoms with Crippen molar-refractivity contribution in [3.63, 3.8) is 0 Å². The number of carbonyl (C=O) groups is 1. The lowest BCUT2D eigenvalue weighted by molar-refractivity contribution is -0.135. The molecule has 0 aromatic rings. The van der Waals surface area contributed by atoms with E-state index in [1.165, 1.54) is 0 Å². The molecule has 0 spiro atoms. The van der Waals surface area contributed by atoms with Crippen molar-refractivity contribution < 1.29 is 9.53 Å². The van der Waals surface area contributed by atoms with Crippen LogP contribution in [0.1, 0.15) is 6.42 Å². The smallest absolute Gasteiger partial charge is 0.147 e. The van der Waals surface area contributed by atoms with Crippen LogP contribution in [-0.4, -0.2) is 19.0 Å². The summed E-state index contributed by atoms with van der Waals surface area (Å²) in [5, 5.41) is 0. The van der Waals surface area contributed by atoms with Crippen LogP contribution in [0.5, 0.6) is 0 Å². The lowest BCUT2D eigenvalue weighted by Gasteiger charge is -2.28. The summed E-state index contributed by atoms with van der Waals surface area (Å²) in [6.45, 7) is 1.24. The third-order valence-corrected chi connectivity index (χ3v) is 2.17. The molecule has 0 radical (unpaired) electrons. The molecule has 1 aliphatic carbocycles. The Kier molecular flexibility index (Phi) is 1.34. The molecule has 2 bridgehead atoms. The van der Waals surface area contributed by atoms with Crippen molar-refractivity contribution >= 4 is 5.78 Å². The van der Waals surface area contributed by atoms with Gasteiger partial charge in [0.1, 0.15) is 5.78 Å². The van der Waals surface area contributed by atoms with Gasteiger partial charge in [-0.05, 0) is 6.42 Å². The zero-order valence-electron chi connectivity index (χ0n) is 5.75. The lowest BCUT2D eigenvalue weighted by atomic mass is 9.84. The monoisotopic (exact) mass is 138 g/mol. The molecular weight excluding hydrogens is 128 g/mol. The molecule has 0 aromatic heterocycles. The molecule has 2 rings (SSSR count). The number of ketones is 1. The molecule has 0 N–H and O–H groups in total. The molecule has 10 heavy (non-hydrogen) atoms. The Morgan fingerprint density at radius 3 is 3.10 bits per heavy atom. The first-order chi connectivity index (χ1) is 4.88. The molecule has 1 heterocycles. The Morgan fingerprint density at radius 2 is 2.40 bits per heavy atom. The highest BCUT2D eigenvalue weighted by atomic mass is 16.5. The fourth-order valence-electron chi connectivity index (χ4n) is 1.55. The molecule has 1 fully saturated rings. The highest BCUT2D eigenvalue weighted by Crippen LogP contribution is 2.24. The summed E-state index contributed by atoms with van der Waals surface area (Å²) in [6.07, 6.45) is 4.95. The average Bonchev–Trinajstić information content (AvgIpc) is 1.86. The molecular formula is C8H10O2. The second-order valence-electron chi connectivity index (χ2n) is 2.91. The number of ether oxygens (including phenoxy) is 1. The second-order valence-corrected chi connectivity index (χ2v) is 2.91. The molecule has 54 valence electrons. The molecule has 1 saturated heterocycles. The fraction of sp³-hybridized carbons (Fsp3) is 0.625. The summed E-state index contributed by atoms with van der Waals surface area (Å²) in [5.74, 6) is 0.630. The van der Waals surface area contributed by atoms with E-state index in [2.05, 4.69) is 6.08 Å². The van der Waals surface area contributed by atoms with Crippen LogP contribution in [0.3, 0.4) is 0 Å². The lowest BCUT2D eigenvalue weighted by Crippen LogP contribution is -2.36. The van der Waals surface area contributed by atoms with Crippen LogP contribution in [-0.2, 0) is 9.53 Å². The van der Waals surface area contributed by atoms with Gasteiger partial charge in [0, 0.05) is 5.92 Å². The van der Waals surface area contributed by atoms with E-state index in [1.807, 2.05) is 6.08 Å². The molecule has 2 atom stereocenters. The Labute approximate surface area is 59.9 Å². The first-order valence-electron chi connectivity index (χ1n) is 3.66. The molecule has 0 aromatic carbocycles. The Hall–Kier alpha value is -0.630. The van der Waals surface area contributed by atoms with E-state index in [9.17, 15) is 4.79 Å². The standard InChI is InChI=1S/C8H10O2/c9-8-6-2-1-3-7(8)5-10-4-6/h1-2,6-7H,3-5H2. The summed E-state index contributed by atoms with van der Waals surface area (Å²) in [6, 6.07) is 0. The van der Waals surface area contributed by atoms with Gasteiger partial charge in [0.2, 0.25) is 0 Å². The highest BCUT2D eigenvalue weighted by Gasteiger charge is 2.31. The predicted molar refractivity (Wildman–Crippen MR) is 36.6 cm³/mol. The van der Waals surface area contributed by atoms with Crippen LogP contribution < -0.4 is 0 Å². The van der Waals surface area contributed by atoms with E-state index in [4.69, 9.17) is 4.74 Å². The van der Waals surface area contributed by atoms with Gasteiger partial charge in [0.05, 0.1) is 19.1 Å².